The quantitative estimate of drug-likeness (QED) is 0.516. The molecule has 0 saturated heterocycles. The zero-order chi connectivity index (χ0) is 21.8. The van der Waals surface area contributed by atoms with E-state index in [1.54, 1.807) is 12.1 Å². The van der Waals surface area contributed by atoms with Crippen molar-refractivity contribution in [3.05, 3.63) is 101 Å². The summed E-state index contributed by atoms with van der Waals surface area (Å²) >= 11 is 6.02. The zero-order valence-electron chi connectivity index (χ0n) is 17.0. The molecule has 0 bridgehead atoms. The second kappa shape index (κ2) is 9.31. The van der Waals surface area contributed by atoms with E-state index in [0.717, 1.165) is 0 Å². The lowest BCUT2D eigenvalue weighted by atomic mass is 9.75. The lowest BCUT2D eigenvalue weighted by Gasteiger charge is -2.40. The van der Waals surface area contributed by atoms with Crippen LogP contribution in [0.25, 0.3) is 0 Å². The lowest BCUT2D eigenvalue weighted by molar-refractivity contribution is 0.0247. The molecule has 6 heteroatoms. The van der Waals surface area contributed by atoms with Crippen molar-refractivity contribution >= 4 is 21.6 Å². The average molecular weight is 444 g/mol. The van der Waals surface area contributed by atoms with Gasteiger partial charge in [0.05, 0.1) is 10.9 Å². The van der Waals surface area contributed by atoms with Crippen molar-refractivity contribution in [3.8, 4) is 0 Å². The molecule has 0 aliphatic heterocycles. The molecule has 0 saturated carbocycles. The smallest absolute Gasteiger partial charge is 0.241 e. The van der Waals surface area contributed by atoms with E-state index in [4.69, 9.17) is 11.6 Å². The van der Waals surface area contributed by atoms with E-state index in [1.165, 1.54) is 12.1 Å². The fourth-order valence-electron chi connectivity index (χ4n) is 3.63. The van der Waals surface area contributed by atoms with Gasteiger partial charge in [-0.05, 0) is 35.2 Å². The van der Waals surface area contributed by atoms with Crippen molar-refractivity contribution in [1.29, 1.82) is 0 Å². The van der Waals surface area contributed by atoms with Gasteiger partial charge in [-0.2, -0.15) is 0 Å². The highest BCUT2D eigenvalue weighted by Gasteiger charge is 2.44. The first-order chi connectivity index (χ1) is 14.3. The molecular formula is C24H26ClNO3S. The Balaban J connectivity index is 2.16. The molecule has 3 aromatic rings. The van der Waals surface area contributed by atoms with Crippen LogP contribution in [-0.4, -0.2) is 19.6 Å². The van der Waals surface area contributed by atoms with Gasteiger partial charge < -0.3 is 5.11 Å². The van der Waals surface area contributed by atoms with Crippen LogP contribution in [0, 0.1) is 5.92 Å². The Morgan fingerprint density at radius 2 is 1.47 bits per heavy atom. The van der Waals surface area contributed by atoms with E-state index in [1.807, 2.05) is 74.5 Å². The first kappa shape index (κ1) is 22.5. The molecule has 0 aromatic heterocycles. The third-order valence-electron chi connectivity index (χ3n) is 5.48. The fraction of sp³-hybridized carbons (Fsp3) is 0.250. The van der Waals surface area contributed by atoms with Crippen molar-refractivity contribution in [2.45, 2.75) is 36.8 Å². The summed E-state index contributed by atoms with van der Waals surface area (Å²) in [4.78, 5) is 0.0618. The molecule has 0 amide bonds. The molecule has 0 aliphatic carbocycles. The molecule has 2 atom stereocenters. The third-order valence-corrected chi connectivity index (χ3v) is 7.15. The van der Waals surface area contributed by atoms with Gasteiger partial charge in [0, 0.05) is 5.02 Å². The van der Waals surface area contributed by atoms with Gasteiger partial charge in [-0.3, -0.25) is 0 Å². The predicted octanol–water partition coefficient (Wildman–Crippen LogP) is 4.97. The van der Waals surface area contributed by atoms with Crippen molar-refractivity contribution in [2.75, 3.05) is 0 Å². The molecule has 4 nitrogen and oxygen atoms in total. The highest BCUT2D eigenvalue weighted by molar-refractivity contribution is 7.89. The van der Waals surface area contributed by atoms with Gasteiger partial charge in [-0.25, -0.2) is 13.1 Å². The van der Waals surface area contributed by atoms with Crippen molar-refractivity contribution < 1.29 is 13.5 Å². The van der Waals surface area contributed by atoms with Gasteiger partial charge in [0.25, 0.3) is 0 Å². The Morgan fingerprint density at radius 1 is 0.933 bits per heavy atom. The van der Waals surface area contributed by atoms with Gasteiger partial charge in [-0.1, -0.05) is 98.6 Å². The average Bonchev–Trinajstić information content (AvgIpc) is 2.77. The number of benzene rings is 3. The number of aliphatic hydroxyl groups is 1. The molecular weight excluding hydrogens is 418 g/mol. The van der Waals surface area contributed by atoms with Gasteiger partial charge in [0.2, 0.25) is 10.0 Å². The molecule has 0 fully saturated rings. The number of hydrogen-bond acceptors (Lipinski definition) is 3. The molecule has 0 spiro atoms. The van der Waals surface area contributed by atoms with Gasteiger partial charge in [0.1, 0.15) is 5.60 Å². The Morgan fingerprint density at radius 3 is 1.93 bits per heavy atom. The van der Waals surface area contributed by atoms with Crippen LogP contribution in [0.3, 0.4) is 0 Å². The summed E-state index contributed by atoms with van der Waals surface area (Å²) in [5.74, 6) is -0.163. The monoisotopic (exact) mass is 443 g/mol. The first-order valence-electron chi connectivity index (χ1n) is 9.90. The summed E-state index contributed by atoms with van der Waals surface area (Å²) in [6, 6.07) is 23.6. The SMILES string of the molecule is CCC(C)C(NS(=O)(=O)c1cccc(Cl)c1)C(O)(c1ccccc1)c1ccccc1. The Kier molecular flexibility index (Phi) is 6.98. The minimum absolute atomic E-state index is 0.0618. The van der Waals surface area contributed by atoms with Crippen molar-refractivity contribution in [2.24, 2.45) is 5.92 Å². The number of halogens is 1. The standard InChI is InChI=1S/C24H26ClNO3S/c1-3-18(2)23(26-30(28,29)22-16-10-15-21(25)17-22)24(27,19-11-6-4-7-12-19)20-13-8-5-9-14-20/h4-18,23,26-27H,3H2,1-2H3. The molecule has 158 valence electrons. The van der Waals surface area contributed by atoms with Crippen LogP contribution in [-0.2, 0) is 15.6 Å². The van der Waals surface area contributed by atoms with E-state index >= 15 is 0 Å². The second-order valence-corrected chi connectivity index (χ2v) is 9.59. The van der Waals surface area contributed by atoms with Crippen LogP contribution in [0.2, 0.25) is 5.02 Å². The second-order valence-electron chi connectivity index (χ2n) is 7.44. The highest BCUT2D eigenvalue weighted by Crippen LogP contribution is 2.37. The minimum atomic E-state index is -3.93. The topological polar surface area (TPSA) is 66.4 Å². The summed E-state index contributed by atoms with van der Waals surface area (Å²) in [5, 5.41) is 12.5. The highest BCUT2D eigenvalue weighted by atomic mass is 35.5. The van der Waals surface area contributed by atoms with Crippen LogP contribution in [0.1, 0.15) is 31.4 Å². The summed E-state index contributed by atoms with van der Waals surface area (Å²) in [6.45, 7) is 3.91. The van der Waals surface area contributed by atoms with Gasteiger partial charge in [-0.15, -0.1) is 0 Å². The fourth-order valence-corrected chi connectivity index (χ4v) is 5.30. The number of nitrogens with one attached hydrogen (secondary N) is 1. The van der Waals surface area contributed by atoms with Crippen LogP contribution in [0.4, 0.5) is 0 Å². The minimum Gasteiger partial charge on any atom is -0.379 e. The van der Waals surface area contributed by atoms with Crippen molar-refractivity contribution in [1.82, 2.24) is 4.72 Å². The zero-order valence-corrected chi connectivity index (χ0v) is 18.6. The summed E-state index contributed by atoms with van der Waals surface area (Å²) in [5.41, 5.74) is -0.325. The molecule has 0 radical (unpaired) electrons. The van der Waals surface area contributed by atoms with E-state index in [0.29, 0.717) is 22.6 Å². The maximum absolute atomic E-state index is 13.2. The largest absolute Gasteiger partial charge is 0.379 e. The molecule has 30 heavy (non-hydrogen) atoms. The molecule has 3 aromatic carbocycles. The predicted molar refractivity (Wildman–Crippen MR) is 121 cm³/mol. The van der Waals surface area contributed by atoms with Crippen LogP contribution in [0.5, 0.6) is 0 Å². The number of hydrogen-bond donors (Lipinski definition) is 2. The molecule has 2 N–H and O–H groups in total. The molecule has 2 unspecified atom stereocenters. The molecule has 3 rings (SSSR count). The van der Waals surface area contributed by atoms with E-state index in [-0.39, 0.29) is 10.8 Å². The number of sulfonamides is 1. The van der Waals surface area contributed by atoms with Gasteiger partial charge in [0.15, 0.2) is 0 Å². The maximum atomic E-state index is 13.2. The van der Waals surface area contributed by atoms with Crippen molar-refractivity contribution in [3.63, 3.8) is 0 Å². The Bertz CT molecular complexity index is 1030. The molecule has 0 heterocycles. The maximum Gasteiger partial charge on any atom is 0.241 e. The lowest BCUT2D eigenvalue weighted by Crippen LogP contribution is -2.54. The summed E-state index contributed by atoms with van der Waals surface area (Å²) in [7, 11) is -3.93. The van der Waals surface area contributed by atoms with Crippen LogP contribution < -0.4 is 4.72 Å². The number of rotatable bonds is 8. The van der Waals surface area contributed by atoms with Crippen LogP contribution in [0.15, 0.2) is 89.8 Å². The Labute approximate surface area is 183 Å². The summed E-state index contributed by atoms with van der Waals surface area (Å²) in [6.07, 6.45) is 0.671. The van der Waals surface area contributed by atoms with E-state index in [9.17, 15) is 13.5 Å². The van der Waals surface area contributed by atoms with E-state index in [2.05, 4.69) is 4.72 Å². The van der Waals surface area contributed by atoms with E-state index < -0.39 is 21.7 Å². The third kappa shape index (κ3) is 4.60. The first-order valence-corrected chi connectivity index (χ1v) is 11.8. The summed E-state index contributed by atoms with van der Waals surface area (Å²) < 4.78 is 29.3. The normalized spacial score (nSPS) is 14.3. The van der Waals surface area contributed by atoms with Gasteiger partial charge >= 0.3 is 0 Å². The van der Waals surface area contributed by atoms with Crippen LogP contribution >= 0.6 is 11.6 Å². The molecule has 0 aliphatic rings. The Hall–Kier alpha value is -2.18.